The topological polar surface area (TPSA) is 24.4 Å². The van der Waals surface area contributed by atoms with Gasteiger partial charge in [-0.05, 0) is 24.6 Å². The molecule has 0 unspecified atom stereocenters. The Morgan fingerprint density at radius 3 is 3.00 bits per heavy atom. The summed E-state index contributed by atoms with van der Waals surface area (Å²) in [5.74, 6) is 0.644. The number of benzene rings is 1. The third kappa shape index (κ3) is 2.86. The predicted molar refractivity (Wildman–Crippen MR) is 64.4 cm³/mol. The molecule has 1 heterocycles. The van der Waals surface area contributed by atoms with Gasteiger partial charge in [-0.1, -0.05) is 23.4 Å². The zero-order chi connectivity index (χ0) is 10.7. The Kier molecular flexibility index (Phi) is 3.49. The van der Waals surface area contributed by atoms with Crippen LogP contribution in [-0.4, -0.2) is 17.5 Å². The summed E-state index contributed by atoms with van der Waals surface area (Å²) in [7, 11) is 0. The minimum atomic E-state index is -0.414. The molecule has 2 rings (SSSR count). The Balaban J connectivity index is 2.10. The third-order valence-corrected chi connectivity index (χ3v) is 3.27. The molecule has 80 valence electrons. The Bertz CT molecular complexity index is 395. The lowest BCUT2D eigenvalue weighted by atomic mass is 10.3. The van der Waals surface area contributed by atoms with Gasteiger partial charge < -0.3 is 5.32 Å². The Hall–Kier alpha value is -0.740. The lowest BCUT2D eigenvalue weighted by Gasteiger charge is -2.13. The summed E-state index contributed by atoms with van der Waals surface area (Å²) in [5.41, 5.74) is 0.685. The van der Waals surface area contributed by atoms with Crippen molar-refractivity contribution in [3.05, 3.63) is 29.0 Å². The molecule has 0 radical (unpaired) electrons. The first-order valence-corrected chi connectivity index (χ1v) is 6.01. The van der Waals surface area contributed by atoms with Gasteiger partial charge in [-0.15, -0.1) is 0 Å². The molecule has 0 amide bonds. The van der Waals surface area contributed by atoms with Crippen molar-refractivity contribution in [1.29, 1.82) is 0 Å². The second kappa shape index (κ2) is 4.86. The van der Waals surface area contributed by atoms with Crippen molar-refractivity contribution in [2.45, 2.75) is 6.42 Å². The van der Waals surface area contributed by atoms with Crippen LogP contribution in [0.3, 0.4) is 0 Å². The van der Waals surface area contributed by atoms with E-state index in [1.54, 1.807) is 17.8 Å². The molecule has 5 heteroatoms. The number of halogens is 2. The fraction of sp³-hybridized carbons (Fsp3) is 0.300. The fourth-order valence-corrected chi connectivity index (χ4v) is 2.19. The van der Waals surface area contributed by atoms with Crippen LogP contribution >= 0.6 is 23.4 Å². The normalized spacial score (nSPS) is 16.0. The van der Waals surface area contributed by atoms with E-state index in [1.807, 2.05) is 0 Å². The molecule has 0 spiro atoms. The van der Waals surface area contributed by atoms with Crippen LogP contribution in [0.1, 0.15) is 6.42 Å². The van der Waals surface area contributed by atoms with Gasteiger partial charge in [0.15, 0.2) is 5.17 Å². The SMILES string of the molecule is Fc1cc(NC2=NCCCS2)ccc1Cl. The van der Waals surface area contributed by atoms with E-state index in [4.69, 9.17) is 11.6 Å². The number of rotatable bonds is 1. The van der Waals surface area contributed by atoms with Crippen LogP contribution < -0.4 is 5.32 Å². The summed E-state index contributed by atoms with van der Waals surface area (Å²) in [5, 5.41) is 4.05. The highest BCUT2D eigenvalue weighted by Crippen LogP contribution is 2.21. The quantitative estimate of drug-likeness (QED) is 0.819. The van der Waals surface area contributed by atoms with Crippen molar-refractivity contribution in [1.82, 2.24) is 0 Å². The maximum absolute atomic E-state index is 13.1. The number of anilines is 1. The lowest BCUT2D eigenvalue weighted by Crippen LogP contribution is -2.13. The molecule has 0 atom stereocenters. The van der Waals surface area contributed by atoms with Gasteiger partial charge in [0.2, 0.25) is 0 Å². The van der Waals surface area contributed by atoms with Gasteiger partial charge in [0.1, 0.15) is 5.82 Å². The van der Waals surface area contributed by atoms with Crippen LogP contribution in [0.5, 0.6) is 0 Å². The van der Waals surface area contributed by atoms with E-state index in [0.717, 1.165) is 23.9 Å². The fourth-order valence-electron chi connectivity index (χ4n) is 1.23. The van der Waals surface area contributed by atoms with E-state index in [0.29, 0.717) is 5.69 Å². The molecule has 2 nitrogen and oxygen atoms in total. The van der Waals surface area contributed by atoms with Crippen LogP contribution in [0.15, 0.2) is 23.2 Å². The van der Waals surface area contributed by atoms with Crippen molar-refractivity contribution in [2.24, 2.45) is 4.99 Å². The van der Waals surface area contributed by atoms with Gasteiger partial charge in [0.25, 0.3) is 0 Å². The maximum atomic E-state index is 13.1. The van der Waals surface area contributed by atoms with Crippen molar-refractivity contribution in [3.63, 3.8) is 0 Å². The van der Waals surface area contributed by atoms with Gasteiger partial charge in [0.05, 0.1) is 5.02 Å². The van der Waals surface area contributed by atoms with Crippen molar-refractivity contribution in [3.8, 4) is 0 Å². The highest BCUT2D eigenvalue weighted by molar-refractivity contribution is 8.14. The molecular formula is C10H10ClFN2S. The lowest BCUT2D eigenvalue weighted by molar-refractivity contribution is 0.629. The summed E-state index contributed by atoms with van der Waals surface area (Å²) in [6.45, 7) is 0.839. The number of thioether (sulfide) groups is 1. The summed E-state index contributed by atoms with van der Waals surface area (Å²) in [4.78, 5) is 4.29. The van der Waals surface area contributed by atoms with E-state index in [1.165, 1.54) is 12.1 Å². The van der Waals surface area contributed by atoms with Crippen molar-refractivity contribution < 1.29 is 4.39 Å². The van der Waals surface area contributed by atoms with Crippen molar-refractivity contribution >= 4 is 34.2 Å². The van der Waals surface area contributed by atoms with Crippen LogP contribution in [0.25, 0.3) is 0 Å². The van der Waals surface area contributed by atoms with E-state index < -0.39 is 5.82 Å². The predicted octanol–water partition coefficient (Wildman–Crippen LogP) is 3.38. The molecule has 1 N–H and O–H groups in total. The molecule has 0 aromatic heterocycles. The number of hydrogen-bond donors (Lipinski definition) is 1. The molecular weight excluding hydrogens is 235 g/mol. The largest absolute Gasteiger partial charge is 0.335 e. The minimum absolute atomic E-state index is 0.138. The number of nitrogens with zero attached hydrogens (tertiary/aromatic N) is 1. The second-order valence-corrected chi connectivity index (χ2v) is 4.63. The van der Waals surface area contributed by atoms with E-state index in [-0.39, 0.29) is 5.02 Å². The summed E-state index contributed by atoms with van der Waals surface area (Å²) in [6, 6.07) is 4.65. The molecule has 15 heavy (non-hydrogen) atoms. The summed E-state index contributed by atoms with van der Waals surface area (Å²) >= 11 is 7.24. The van der Waals surface area contributed by atoms with E-state index >= 15 is 0 Å². The van der Waals surface area contributed by atoms with Gasteiger partial charge in [-0.3, -0.25) is 4.99 Å². The van der Waals surface area contributed by atoms with Crippen LogP contribution in [-0.2, 0) is 0 Å². The number of amidine groups is 1. The molecule has 1 aromatic carbocycles. The zero-order valence-corrected chi connectivity index (χ0v) is 9.54. The monoisotopic (exact) mass is 244 g/mol. The Labute approximate surface area is 96.9 Å². The van der Waals surface area contributed by atoms with E-state index in [2.05, 4.69) is 10.3 Å². The van der Waals surface area contributed by atoms with Crippen LogP contribution in [0.2, 0.25) is 5.02 Å². The smallest absolute Gasteiger partial charge is 0.161 e. The number of nitrogens with one attached hydrogen (secondary N) is 1. The first kappa shape index (κ1) is 10.8. The van der Waals surface area contributed by atoms with Crippen molar-refractivity contribution in [2.75, 3.05) is 17.6 Å². The number of hydrogen-bond acceptors (Lipinski definition) is 3. The standard InChI is InChI=1S/C10H10ClFN2S/c11-8-3-2-7(6-9(8)12)14-10-13-4-1-5-15-10/h2-3,6H,1,4-5H2,(H,13,14). The molecule has 0 saturated carbocycles. The molecule has 0 bridgehead atoms. The molecule has 0 aliphatic carbocycles. The van der Waals surface area contributed by atoms with Gasteiger partial charge in [-0.25, -0.2) is 4.39 Å². The second-order valence-electron chi connectivity index (χ2n) is 3.14. The molecule has 0 saturated heterocycles. The van der Waals surface area contributed by atoms with Gasteiger partial charge >= 0.3 is 0 Å². The van der Waals surface area contributed by atoms with Crippen LogP contribution in [0.4, 0.5) is 10.1 Å². The average molecular weight is 245 g/mol. The highest BCUT2D eigenvalue weighted by Gasteiger charge is 2.07. The minimum Gasteiger partial charge on any atom is -0.335 e. The average Bonchev–Trinajstić information content (AvgIpc) is 2.25. The Morgan fingerprint density at radius 2 is 2.33 bits per heavy atom. The Morgan fingerprint density at radius 1 is 1.47 bits per heavy atom. The van der Waals surface area contributed by atoms with Gasteiger partial charge in [-0.2, -0.15) is 0 Å². The zero-order valence-electron chi connectivity index (χ0n) is 7.96. The number of aliphatic imine (C=N–C) groups is 1. The summed E-state index contributed by atoms with van der Waals surface area (Å²) in [6.07, 6.45) is 1.10. The first-order chi connectivity index (χ1) is 7.25. The van der Waals surface area contributed by atoms with Crippen LogP contribution in [0, 0.1) is 5.82 Å². The maximum Gasteiger partial charge on any atom is 0.161 e. The molecule has 1 aromatic rings. The molecule has 1 aliphatic heterocycles. The van der Waals surface area contributed by atoms with Gasteiger partial charge in [0, 0.05) is 18.0 Å². The first-order valence-electron chi connectivity index (χ1n) is 4.65. The third-order valence-electron chi connectivity index (χ3n) is 1.97. The molecule has 1 aliphatic rings. The molecule has 0 fully saturated rings. The summed E-state index contributed by atoms with van der Waals surface area (Å²) < 4.78 is 13.1. The highest BCUT2D eigenvalue weighted by atomic mass is 35.5. The van der Waals surface area contributed by atoms with E-state index in [9.17, 15) is 4.39 Å².